The van der Waals surface area contributed by atoms with Crippen LogP contribution in [-0.4, -0.2) is 25.7 Å². The Kier molecular flexibility index (Phi) is 7.87. The lowest BCUT2D eigenvalue weighted by molar-refractivity contribution is 0.333. The van der Waals surface area contributed by atoms with E-state index >= 15 is 0 Å². The van der Waals surface area contributed by atoms with Crippen LogP contribution in [0.15, 0.2) is 0 Å². The summed E-state index contributed by atoms with van der Waals surface area (Å²) in [6, 6.07) is 0.627. The standard InChI is InChI=1S/C14H30N2/c1-13(2)16-11-6-10-15-12-9-14-7-4-3-5-8-14/h13-16H,3-12H2,1-2H3. The molecule has 0 bridgehead atoms. The second-order valence-electron chi connectivity index (χ2n) is 5.51. The normalized spacial score (nSPS) is 18.2. The average molecular weight is 226 g/mol. The molecule has 2 N–H and O–H groups in total. The van der Waals surface area contributed by atoms with Gasteiger partial charge in [-0.15, -0.1) is 0 Å². The molecule has 0 aromatic rings. The zero-order chi connectivity index (χ0) is 11.6. The maximum absolute atomic E-state index is 3.57. The Balaban J connectivity index is 1.80. The van der Waals surface area contributed by atoms with Crippen LogP contribution >= 0.6 is 0 Å². The van der Waals surface area contributed by atoms with Gasteiger partial charge >= 0.3 is 0 Å². The summed E-state index contributed by atoms with van der Waals surface area (Å²) in [6.07, 6.45) is 10.0. The van der Waals surface area contributed by atoms with Crippen LogP contribution in [-0.2, 0) is 0 Å². The van der Waals surface area contributed by atoms with E-state index in [2.05, 4.69) is 24.5 Å². The highest BCUT2D eigenvalue weighted by Crippen LogP contribution is 2.25. The first-order valence-corrected chi connectivity index (χ1v) is 7.23. The Morgan fingerprint density at radius 1 is 1.00 bits per heavy atom. The predicted octanol–water partition coefficient (Wildman–Crippen LogP) is 2.93. The van der Waals surface area contributed by atoms with Gasteiger partial charge in [-0.1, -0.05) is 46.0 Å². The monoisotopic (exact) mass is 226 g/mol. The van der Waals surface area contributed by atoms with Crippen LogP contribution < -0.4 is 10.6 Å². The third-order valence-corrected chi connectivity index (χ3v) is 3.54. The molecule has 1 aliphatic rings. The molecule has 0 aliphatic heterocycles. The maximum Gasteiger partial charge on any atom is 0.00103 e. The van der Waals surface area contributed by atoms with E-state index in [1.165, 1.54) is 58.0 Å². The molecule has 1 saturated carbocycles. The Labute approximate surface area is 102 Å². The molecule has 0 aromatic carbocycles. The van der Waals surface area contributed by atoms with Crippen molar-refractivity contribution in [3.8, 4) is 0 Å². The minimum absolute atomic E-state index is 0.627. The van der Waals surface area contributed by atoms with Crippen LogP contribution in [0.2, 0.25) is 0 Å². The van der Waals surface area contributed by atoms with Crippen LogP contribution in [0.4, 0.5) is 0 Å². The molecule has 0 aromatic heterocycles. The number of rotatable bonds is 8. The SMILES string of the molecule is CC(C)NCCCNCCC1CCCCC1. The van der Waals surface area contributed by atoms with Crippen molar-refractivity contribution in [2.75, 3.05) is 19.6 Å². The second kappa shape index (κ2) is 9.00. The summed E-state index contributed by atoms with van der Waals surface area (Å²) >= 11 is 0. The van der Waals surface area contributed by atoms with Crippen molar-refractivity contribution in [1.82, 2.24) is 10.6 Å². The predicted molar refractivity (Wildman–Crippen MR) is 71.8 cm³/mol. The van der Waals surface area contributed by atoms with Gasteiger partial charge < -0.3 is 10.6 Å². The molecule has 1 rings (SSSR count). The van der Waals surface area contributed by atoms with Crippen LogP contribution in [0.1, 0.15) is 58.8 Å². The molecule has 96 valence electrons. The summed E-state index contributed by atoms with van der Waals surface area (Å²) in [5, 5.41) is 7.01. The zero-order valence-electron chi connectivity index (χ0n) is 11.2. The van der Waals surface area contributed by atoms with E-state index in [0.717, 1.165) is 12.5 Å². The Bertz CT molecular complexity index is 151. The van der Waals surface area contributed by atoms with Crippen molar-refractivity contribution in [3.63, 3.8) is 0 Å². The van der Waals surface area contributed by atoms with Crippen molar-refractivity contribution in [3.05, 3.63) is 0 Å². The first-order chi connectivity index (χ1) is 7.79. The van der Waals surface area contributed by atoms with E-state index in [9.17, 15) is 0 Å². The lowest BCUT2D eigenvalue weighted by atomic mass is 9.87. The molecule has 0 saturated heterocycles. The van der Waals surface area contributed by atoms with E-state index in [1.807, 2.05) is 0 Å². The van der Waals surface area contributed by atoms with E-state index < -0.39 is 0 Å². The minimum atomic E-state index is 0.627. The summed E-state index contributed by atoms with van der Waals surface area (Å²) in [5.74, 6) is 1.02. The van der Waals surface area contributed by atoms with Gasteiger partial charge in [0.05, 0.1) is 0 Å². The molecule has 0 radical (unpaired) electrons. The Morgan fingerprint density at radius 2 is 1.75 bits per heavy atom. The Hall–Kier alpha value is -0.0800. The van der Waals surface area contributed by atoms with Crippen molar-refractivity contribution < 1.29 is 0 Å². The van der Waals surface area contributed by atoms with Crippen molar-refractivity contribution in [2.24, 2.45) is 5.92 Å². The molecule has 2 nitrogen and oxygen atoms in total. The minimum Gasteiger partial charge on any atom is -0.317 e. The first kappa shape index (κ1) is 14.0. The van der Waals surface area contributed by atoms with Gasteiger partial charge in [0.25, 0.3) is 0 Å². The van der Waals surface area contributed by atoms with Crippen LogP contribution in [0.25, 0.3) is 0 Å². The van der Waals surface area contributed by atoms with Gasteiger partial charge in [0.1, 0.15) is 0 Å². The van der Waals surface area contributed by atoms with Gasteiger partial charge in [-0.25, -0.2) is 0 Å². The zero-order valence-corrected chi connectivity index (χ0v) is 11.2. The fourth-order valence-electron chi connectivity index (χ4n) is 2.51. The molecular formula is C14H30N2. The van der Waals surface area contributed by atoms with E-state index in [0.29, 0.717) is 6.04 Å². The average Bonchev–Trinajstić information content (AvgIpc) is 2.29. The molecule has 0 unspecified atom stereocenters. The fraction of sp³-hybridized carbons (Fsp3) is 1.00. The highest BCUT2D eigenvalue weighted by molar-refractivity contribution is 4.66. The quantitative estimate of drug-likeness (QED) is 0.622. The molecule has 0 atom stereocenters. The lowest BCUT2D eigenvalue weighted by Crippen LogP contribution is -2.27. The number of hydrogen-bond acceptors (Lipinski definition) is 2. The molecule has 2 heteroatoms. The van der Waals surface area contributed by atoms with Gasteiger partial charge in [0.15, 0.2) is 0 Å². The lowest BCUT2D eigenvalue weighted by Gasteiger charge is -2.21. The third-order valence-electron chi connectivity index (χ3n) is 3.54. The number of hydrogen-bond donors (Lipinski definition) is 2. The molecule has 0 amide bonds. The summed E-state index contributed by atoms with van der Waals surface area (Å²) < 4.78 is 0. The van der Waals surface area contributed by atoms with Crippen LogP contribution in [0.3, 0.4) is 0 Å². The molecule has 1 fully saturated rings. The molecule has 1 aliphatic carbocycles. The van der Waals surface area contributed by atoms with Gasteiger partial charge in [0, 0.05) is 6.04 Å². The van der Waals surface area contributed by atoms with Crippen molar-refractivity contribution in [1.29, 1.82) is 0 Å². The van der Waals surface area contributed by atoms with Crippen molar-refractivity contribution in [2.45, 2.75) is 64.8 Å². The third kappa shape index (κ3) is 7.24. The topological polar surface area (TPSA) is 24.1 Å². The van der Waals surface area contributed by atoms with Gasteiger partial charge in [-0.05, 0) is 38.4 Å². The summed E-state index contributed by atoms with van der Waals surface area (Å²) in [5.41, 5.74) is 0. The summed E-state index contributed by atoms with van der Waals surface area (Å²) in [6.45, 7) is 7.96. The summed E-state index contributed by atoms with van der Waals surface area (Å²) in [7, 11) is 0. The maximum atomic E-state index is 3.57. The second-order valence-corrected chi connectivity index (χ2v) is 5.51. The van der Waals surface area contributed by atoms with E-state index in [4.69, 9.17) is 0 Å². The van der Waals surface area contributed by atoms with Crippen LogP contribution in [0.5, 0.6) is 0 Å². The number of nitrogens with one attached hydrogen (secondary N) is 2. The highest BCUT2D eigenvalue weighted by atomic mass is 14.9. The summed E-state index contributed by atoms with van der Waals surface area (Å²) in [4.78, 5) is 0. The molecular weight excluding hydrogens is 196 g/mol. The fourth-order valence-corrected chi connectivity index (χ4v) is 2.51. The van der Waals surface area contributed by atoms with Gasteiger partial charge in [0.2, 0.25) is 0 Å². The largest absolute Gasteiger partial charge is 0.317 e. The molecule has 0 spiro atoms. The van der Waals surface area contributed by atoms with Gasteiger partial charge in [-0.3, -0.25) is 0 Å². The highest BCUT2D eigenvalue weighted by Gasteiger charge is 2.12. The van der Waals surface area contributed by atoms with E-state index in [1.54, 1.807) is 0 Å². The smallest absolute Gasteiger partial charge is 0.00103 e. The van der Waals surface area contributed by atoms with Crippen LogP contribution in [0, 0.1) is 5.92 Å². The molecule has 0 heterocycles. The van der Waals surface area contributed by atoms with Crippen molar-refractivity contribution >= 4 is 0 Å². The van der Waals surface area contributed by atoms with E-state index in [-0.39, 0.29) is 0 Å². The molecule has 16 heavy (non-hydrogen) atoms. The van der Waals surface area contributed by atoms with Gasteiger partial charge in [-0.2, -0.15) is 0 Å². The Morgan fingerprint density at radius 3 is 2.44 bits per heavy atom. The first-order valence-electron chi connectivity index (χ1n) is 7.23.